The average molecular weight is 329 g/mol. The molecule has 0 amide bonds. The summed E-state index contributed by atoms with van der Waals surface area (Å²) in [7, 11) is 0. The Labute approximate surface area is 135 Å². The molecule has 116 valence electrons. The molecule has 2 aromatic heterocycles. The number of nitrogens with zero attached hydrogens (tertiary/aromatic N) is 4. The molecule has 1 N–H and O–H groups in total. The third-order valence-corrected chi connectivity index (χ3v) is 3.37. The monoisotopic (exact) mass is 329 g/mol. The predicted octanol–water partition coefficient (Wildman–Crippen LogP) is 3.30. The summed E-state index contributed by atoms with van der Waals surface area (Å²) in [6.45, 7) is 1.77. The molecule has 0 saturated carbocycles. The lowest BCUT2D eigenvalue weighted by Gasteiger charge is -1.96. The Morgan fingerprint density at radius 2 is 2.09 bits per heavy atom. The number of nitro benzene ring substituents is 1. The first-order chi connectivity index (χ1) is 11.0. The molecular formula is C14H11N5O3S. The van der Waals surface area contributed by atoms with Crippen LogP contribution in [0.5, 0.6) is 0 Å². The van der Waals surface area contributed by atoms with Crippen molar-refractivity contribution in [2.45, 2.75) is 6.92 Å². The Hall–Kier alpha value is -3.07. The van der Waals surface area contributed by atoms with Crippen molar-refractivity contribution in [1.82, 2.24) is 14.9 Å². The maximum Gasteiger partial charge on any atom is 0.269 e. The molecule has 3 aromatic rings. The first-order valence-corrected chi connectivity index (χ1v) is 6.98. The number of non-ortho nitro benzene ring substituents is 1. The van der Waals surface area contributed by atoms with Gasteiger partial charge in [0.15, 0.2) is 0 Å². The molecule has 0 aliphatic rings. The van der Waals surface area contributed by atoms with Crippen molar-refractivity contribution in [2.75, 3.05) is 0 Å². The maximum atomic E-state index is 10.7. The average Bonchev–Trinajstić information content (AvgIpc) is 3.13. The van der Waals surface area contributed by atoms with E-state index in [1.165, 1.54) is 23.0 Å². The fourth-order valence-corrected chi connectivity index (χ4v) is 2.17. The number of aromatic nitrogens is 3. The van der Waals surface area contributed by atoms with Crippen molar-refractivity contribution in [3.8, 4) is 11.3 Å². The van der Waals surface area contributed by atoms with Crippen LogP contribution in [0.15, 0.2) is 45.9 Å². The second-order valence-corrected chi connectivity index (χ2v) is 5.03. The van der Waals surface area contributed by atoms with Gasteiger partial charge < -0.3 is 4.42 Å². The lowest BCUT2D eigenvalue weighted by Crippen LogP contribution is -1.92. The Bertz CT molecular complexity index is 936. The third-order valence-electron chi connectivity index (χ3n) is 3.10. The number of nitro groups is 1. The van der Waals surface area contributed by atoms with Crippen LogP contribution in [0.3, 0.4) is 0 Å². The number of hydrogen-bond donors (Lipinski definition) is 1. The Morgan fingerprint density at radius 1 is 1.35 bits per heavy atom. The van der Waals surface area contributed by atoms with Crippen LogP contribution in [0.4, 0.5) is 5.69 Å². The van der Waals surface area contributed by atoms with E-state index in [2.05, 4.69) is 15.3 Å². The first kappa shape index (κ1) is 14.9. The molecule has 0 aliphatic heterocycles. The molecule has 0 unspecified atom stereocenters. The molecule has 0 saturated heterocycles. The number of nitrogens with one attached hydrogen (secondary N) is 1. The van der Waals surface area contributed by atoms with Crippen LogP contribution in [0, 0.1) is 21.8 Å². The van der Waals surface area contributed by atoms with Gasteiger partial charge in [0, 0.05) is 17.7 Å². The van der Waals surface area contributed by atoms with Crippen LogP contribution in [-0.4, -0.2) is 26.0 Å². The Kier molecular flexibility index (Phi) is 3.85. The second-order valence-electron chi connectivity index (χ2n) is 4.64. The van der Waals surface area contributed by atoms with Crippen LogP contribution in [-0.2, 0) is 0 Å². The molecule has 0 aliphatic carbocycles. The summed E-state index contributed by atoms with van der Waals surface area (Å²) in [6, 6.07) is 9.64. The topological polar surface area (TPSA) is 102 Å². The number of furan rings is 1. The number of aryl methyl sites for hydroxylation is 1. The molecule has 23 heavy (non-hydrogen) atoms. The molecule has 3 rings (SSSR count). The highest BCUT2D eigenvalue weighted by atomic mass is 32.1. The summed E-state index contributed by atoms with van der Waals surface area (Å²) in [5, 5.41) is 21.4. The van der Waals surface area contributed by atoms with Gasteiger partial charge in [-0.3, -0.25) is 15.2 Å². The van der Waals surface area contributed by atoms with Crippen molar-refractivity contribution >= 4 is 24.1 Å². The molecule has 2 heterocycles. The van der Waals surface area contributed by atoms with Gasteiger partial charge in [-0.1, -0.05) is 0 Å². The van der Waals surface area contributed by atoms with Gasteiger partial charge in [-0.05, 0) is 43.4 Å². The molecule has 0 bridgehead atoms. The second kappa shape index (κ2) is 5.97. The van der Waals surface area contributed by atoms with E-state index in [0.717, 1.165) is 5.56 Å². The van der Waals surface area contributed by atoms with Gasteiger partial charge in [0.2, 0.25) is 4.77 Å². The Morgan fingerprint density at radius 3 is 2.70 bits per heavy atom. The summed E-state index contributed by atoms with van der Waals surface area (Å²) in [5.41, 5.74) is 0.776. The predicted molar refractivity (Wildman–Crippen MR) is 85.9 cm³/mol. The zero-order valence-corrected chi connectivity index (χ0v) is 12.8. The molecule has 8 nitrogen and oxygen atoms in total. The van der Waals surface area contributed by atoms with Crippen molar-refractivity contribution < 1.29 is 9.34 Å². The van der Waals surface area contributed by atoms with E-state index in [4.69, 9.17) is 16.6 Å². The van der Waals surface area contributed by atoms with E-state index in [1.54, 1.807) is 31.2 Å². The van der Waals surface area contributed by atoms with E-state index in [0.29, 0.717) is 22.1 Å². The number of rotatable bonds is 4. The number of benzene rings is 1. The minimum absolute atomic E-state index is 0.0342. The molecule has 0 spiro atoms. The maximum absolute atomic E-state index is 10.7. The van der Waals surface area contributed by atoms with E-state index >= 15 is 0 Å². The van der Waals surface area contributed by atoms with Crippen molar-refractivity contribution in [3.05, 3.63) is 62.9 Å². The van der Waals surface area contributed by atoms with Crippen molar-refractivity contribution in [3.63, 3.8) is 0 Å². The number of H-pyrrole nitrogens is 1. The van der Waals surface area contributed by atoms with E-state index in [9.17, 15) is 10.1 Å². The smallest absolute Gasteiger partial charge is 0.269 e. The van der Waals surface area contributed by atoms with Gasteiger partial charge in [-0.2, -0.15) is 14.9 Å². The van der Waals surface area contributed by atoms with E-state index < -0.39 is 4.92 Å². The van der Waals surface area contributed by atoms with E-state index in [1.807, 2.05) is 0 Å². The van der Waals surface area contributed by atoms with Crippen LogP contribution in [0.2, 0.25) is 0 Å². The third kappa shape index (κ3) is 3.09. The minimum atomic E-state index is -0.444. The highest BCUT2D eigenvalue weighted by molar-refractivity contribution is 7.71. The number of hydrogen-bond acceptors (Lipinski definition) is 6. The van der Waals surface area contributed by atoms with Gasteiger partial charge in [-0.25, -0.2) is 0 Å². The molecule has 0 radical (unpaired) electrons. The molecule has 1 aromatic carbocycles. The fourth-order valence-electron chi connectivity index (χ4n) is 1.95. The van der Waals surface area contributed by atoms with Crippen molar-refractivity contribution in [1.29, 1.82) is 0 Å². The zero-order chi connectivity index (χ0) is 16.4. The molecule has 0 fully saturated rings. The molecule has 0 atom stereocenters. The van der Waals surface area contributed by atoms with Crippen LogP contribution in [0.25, 0.3) is 11.3 Å². The largest absolute Gasteiger partial charge is 0.455 e. The summed E-state index contributed by atoms with van der Waals surface area (Å²) >= 11 is 5.05. The summed E-state index contributed by atoms with van der Waals surface area (Å²) < 4.78 is 7.52. The zero-order valence-electron chi connectivity index (χ0n) is 12.0. The quantitative estimate of drug-likeness (QED) is 0.342. The minimum Gasteiger partial charge on any atom is -0.455 e. The SMILES string of the molecule is Cc1n[nH]c(=S)n1/N=C\c1ccc(-c2ccc([N+](=O)[O-])cc2)o1. The van der Waals surface area contributed by atoms with Gasteiger partial charge in [0.05, 0.1) is 11.1 Å². The van der Waals surface area contributed by atoms with Crippen LogP contribution < -0.4 is 0 Å². The molecule has 9 heteroatoms. The summed E-state index contributed by atoms with van der Waals surface area (Å²) in [5.74, 6) is 1.75. The standard InChI is InChI=1S/C14H11N5O3S/c1-9-16-17-14(23)18(9)15-8-12-6-7-13(22-12)10-2-4-11(5-3-10)19(20)21/h2-8H,1H3,(H,17,23)/b15-8-. The summed E-state index contributed by atoms with van der Waals surface area (Å²) in [6.07, 6.45) is 1.52. The number of aromatic amines is 1. The lowest BCUT2D eigenvalue weighted by molar-refractivity contribution is -0.384. The molecular weight excluding hydrogens is 318 g/mol. The van der Waals surface area contributed by atoms with Gasteiger partial charge in [-0.15, -0.1) is 0 Å². The first-order valence-electron chi connectivity index (χ1n) is 6.57. The van der Waals surface area contributed by atoms with Crippen molar-refractivity contribution in [2.24, 2.45) is 5.10 Å². The normalized spacial score (nSPS) is 11.2. The van der Waals surface area contributed by atoms with Crippen LogP contribution >= 0.6 is 12.2 Å². The van der Waals surface area contributed by atoms with E-state index in [-0.39, 0.29) is 5.69 Å². The van der Waals surface area contributed by atoms with Gasteiger partial charge in [0.25, 0.3) is 5.69 Å². The summed E-state index contributed by atoms with van der Waals surface area (Å²) in [4.78, 5) is 10.2. The highest BCUT2D eigenvalue weighted by Gasteiger charge is 2.08. The van der Waals surface area contributed by atoms with Gasteiger partial charge >= 0.3 is 0 Å². The highest BCUT2D eigenvalue weighted by Crippen LogP contribution is 2.24. The van der Waals surface area contributed by atoms with Crippen LogP contribution in [0.1, 0.15) is 11.6 Å². The Balaban J connectivity index is 1.83. The fraction of sp³-hybridized carbons (Fsp3) is 0.0714. The van der Waals surface area contributed by atoms with Gasteiger partial charge in [0.1, 0.15) is 17.3 Å². The lowest BCUT2D eigenvalue weighted by atomic mass is 10.1.